The first kappa shape index (κ1) is 12.7. The maximum atomic E-state index is 5.60. The van der Waals surface area contributed by atoms with Crippen LogP contribution < -0.4 is 4.74 Å². The summed E-state index contributed by atoms with van der Waals surface area (Å²) in [7, 11) is 0. The van der Waals surface area contributed by atoms with E-state index in [-0.39, 0.29) is 0 Å². The summed E-state index contributed by atoms with van der Waals surface area (Å²) < 4.78 is 5.60. The highest BCUT2D eigenvalue weighted by Crippen LogP contribution is 2.25. The number of rotatable bonds is 3. The maximum absolute atomic E-state index is 5.60. The van der Waals surface area contributed by atoms with E-state index in [1.807, 2.05) is 42.6 Å². The van der Waals surface area contributed by atoms with Crippen molar-refractivity contribution in [2.24, 2.45) is 0 Å². The lowest BCUT2D eigenvalue weighted by molar-refractivity contribution is 0.442. The summed E-state index contributed by atoms with van der Waals surface area (Å²) in [5, 5.41) is 0. The van der Waals surface area contributed by atoms with Crippen LogP contribution in [-0.4, -0.2) is 15.0 Å². The molecule has 4 rings (SSSR count). The number of hydrogen-bond acceptors (Lipinski definition) is 4. The number of aromatic nitrogens is 3. The Kier molecular flexibility index (Phi) is 3.12. The van der Waals surface area contributed by atoms with Crippen molar-refractivity contribution in [1.29, 1.82) is 0 Å². The van der Waals surface area contributed by atoms with Gasteiger partial charge in [-0.3, -0.25) is 4.98 Å². The van der Waals surface area contributed by atoms with Crippen LogP contribution in [-0.2, 0) is 6.42 Å². The van der Waals surface area contributed by atoms with Crippen LogP contribution in [0.25, 0.3) is 17.2 Å². The van der Waals surface area contributed by atoms with E-state index in [2.05, 4.69) is 27.1 Å². The van der Waals surface area contributed by atoms with Crippen molar-refractivity contribution in [3.8, 4) is 22.9 Å². The van der Waals surface area contributed by atoms with Gasteiger partial charge in [0.1, 0.15) is 5.75 Å². The summed E-state index contributed by atoms with van der Waals surface area (Å²) in [6.45, 7) is 0. The lowest BCUT2D eigenvalue weighted by Gasteiger charge is -2.06. The molecule has 0 saturated carbocycles. The highest BCUT2D eigenvalue weighted by molar-refractivity contribution is 5.66. The standard InChI is InChI=1S/C18H13N3O/c1-2-6-16(7-3-1)22-18-20-11-15(12-21-18)14-9-13-5-4-8-17(13)19-10-14/h1-4,6-12H,5H2. The predicted molar refractivity (Wildman–Crippen MR) is 84.5 cm³/mol. The Bertz CT molecular complexity index is 827. The molecule has 1 aromatic carbocycles. The van der Waals surface area contributed by atoms with E-state index >= 15 is 0 Å². The molecule has 106 valence electrons. The number of para-hydroxylation sites is 1. The molecule has 4 nitrogen and oxygen atoms in total. The molecule has 0 saturated heterocycles. The predicted octanol–water partition coefficient (Wildman–Crippen LogP) is 3.90. The van der Waals surface area contributed by atoms with Gasteiger partial charge >= 0.3 is 6.01 Å². The third-order valence-corrected chi connectivity index (χ3v) is 3.53. The molecule has 0 bridgehead atoms. The van der Waals surface area contributed by atoms with Crippen LogP contribution in [0.1, 0.15) is 11.3 Å². The second-order valence-corrected chi connectivity index (χ2v) is 5.04. The SMILES string of the molecule is C1=Cc2ncc(-c3cnc(Oc4ccccc4)nc3)cc2C1. The maximum Gasteiger partial charge on any atom is 0.321 e. The highest BCUT2D eigenvalue weighted by atomic mass is 16.5. The largest absolute Gasteiger partial charge is 0.424 e. The fourth-order valence-corrected chi connectivity index (χ4v) is 2.40. The van der Waals surface area contributed by atoms with Crippen molar-refractivity contribution < 1.29 is 4.74 Å². The molecule has 2 aromatic heterocycles. The molecular formula is C18H13N3O. The Hall–Kier alpha value is -3.01. The first-order chi connectivity index (χ1) is 10.9. The van der Waals surface area contributed by atoms with E-state index in [9.17, 15) is 0 Å². The summed E-state index contributed by atoms with van der Waals surface area (Å²) >= 11 is 0. The van der Waals surface area contributed by atoms with Crippen LogP contribution in [0.5, 0.6) is 11.8 Å². The molecular weight excluding hydrogens is 274 g/mol. The minimum Gasteiger partial charge on any atom is -0.424 e. The number of hydrogen-bond donors (Lipinski definition) is 0. The van der Waals surface area contributed by atoms with E-state index in [4.69, 9.17) is 4.74 Å². The number of allylic oxidation sites excluding steroid dienone is 1. The molecule has 22 heavy (non-hydrogen) atoms. The third kappa shape index (κ3) is 2.46. The Labute approximate surface area is 128 Å². The van der Waals surface area contributed by atoms with E-state index in [1.54, 1.807) is 12.4 Å². The molecule has 3 aromatic rings. The van der Waals surface area contributed by atoms with Crippen LogP contribution in [0.2, 0.25) is 0 Å². The Morgan fingerprint density at radius 3 is 2.45 bits per heavy atom. The molecule has 0 N–H and O–H groups in total. The number of nitrogens with zero attached hydrogens (tertiary/aromatic N) is 3. The lowest BCUT2D eigenvalue weighted by atomic mass is 10.1. The van der Waals surface area contributed by atoms with Crippen LogP contribution in [0.3, 0.4) is 0 Å². The van der Waals surface area contributed by atoms with Gasteiger partial charge < -0.3 is 4.74 Å². The summed E-state index contributed by atoms with van der Waals surface area (Å²) in [6.07, 6.45) is 10.5. The molecule has 0 unspecified atom stereocenters. The molecule has 1 aliphatic rings. The monoisotopic (exact) mass is 287 g/mol. The number of fused-ring (bicyclic) bond motifs is 1. The van der Waals surface area contributed by atoms with Gasteiger partial charge in [0.2, 0.25) is 0 Å². The zero-order chi connectivity index (χ0) is 14.8. The van der Waals surface area contributed by atoms with Crippen LogP contribution in [0, 0.1) is 0 Å². The van der Waals surface area contributed by atoms with Crippen molar-refractivity contribution in [3.05, 3.63) is 72.3 Å². The zero-order valence-corrected chi connectivity index (χ0v) is 11.8. The van der Waals surface area contributed by atoms with Crippen LogP contribution >= 0.6 is 0 Å². The molecule has 0 spiro atoms. The van der Waals surface area contributed by atoms with Gasteiger partial charge in [0.15, 0.2) is 0 Å². The molecule has 0 atom stereocenters. The van der Waals surface area contributed by atoms with Crippen molar-refractivity contribution in [3.63, 3.8) is 0 Å². The van der Waals surface area contributed by atoms with Crippen molar-refractivity contribution in [2.45, 2.75) is 6.42 Å². The van der Waals surface area contributed by atoms with Gasteiger partial charge in [0.05, 0.1) is 5.69 Å². The molecule has 0 radical (unpaired) electrons. The average Bonchev–Trinajstić information content (AvgIpc) is 3.04. The van der Waals surface area contributed by atoms with Crippen molar-refractivity contribution in [1.82, 2.24) is 15.0 Å². The van der Waals surface area contributed by atoms with Crippen LogP contribution in [0.4, 0.5) is 0 Å². The Balaban J connectivity index is 1.57. The van der Waals surface area contributed by atoms with E-state index in [0.29, 0.717) is 6.01 Å². The van der Waals surface area contributed by atoms with Crippen LogP contribution in [0.15, 0.2) is 61.1 Å². The minimum absolute atomic E-state index is 0.339. The Morgan fingerprint density at radius 1 is 0.864 bits per heavy atom. The topological polar surface area (TPSA) is 47.9 Å². The van der Waals surface area contributed by atoms with E-state index < -0.39 is 0 Å². The third-order valence-electron chi connectivity index (χ3n) is 3.53. The fraction of sp³-hybridized carbons (Fsp3) is 0.0556. The van der Waals surface area contributed by atoms with Crippen molar-refractivity contribution in [2.75, 3.05) is 0 Å². The smallest absolute Gasteiger partial charge is 0.321 e. The molecule has 0 amide bonds. The van der Waals surface area contributed by atoms with Gasteiger partial charge in [-0.25, -0.2) is 9.97 Å². The summed E-state index contributed by atoms with van der Waals surface area (Å²) in [5.41, 5.74) is 4.24. The van der Waals surface area contributed by atoms with Gasteiger partial charge in [0, 0.05) is 29.7 Å². The lowest BCUT2D eigenvalue weighted by Crippen LogP contribution is -1.93. The summed E-state index contributed by atoms with van der Waals surface area (Å²) in [6, 6.07) is 12.0. The van der Waals surface area contributed by atoms with Gasteiger partial charge in [-0.1, -0.05) is 24.3 Å². The first-order valence-electron chi connectivity index (χ1n) is 7.09. The van der Waals surface area contributed by atoms with Gasteiger partial charge in [-0.15, -0.1) is 0 Å². The average molecular weight is 287 g/mol. The highest BCUT2D eigenvalue weighted by Gasteiger charge is 2.09. The minimum atomic E-state index is 0.339. The van der Waals surface area contributed by atoms with E-state index in [1.165, 1.54) is 5.56 Å². The first-order valence-corrected chi connectivity index (χ1v) is 7.09. The summed E-state index contributed by atoms with van der Waals surface area (Å²) in [4.78, 5) is 13.0. The van der Waals surface area contributed by atoms with Gasteiger partial charge in [-0.05, 0) is 36.3 Å². The number of ether oxygens (including phenoxy) is 1. The van der Waals surface area contributed by atoms with Gasteiger partial charge in [0.25, 0.3) is 0 Å². The summed E-state index contributed by atoms with van der Waals surface area (Å²) in [5.74, 6) is 0.723. The Morgan fingerprint density at radius 2 is 1.64 bits per heavy atom. The zero-order valence-electron chi connectivity index (χ0n) is 11.8. The van der Waals surface area contributed by atoms with Crippen molar-refractivity contribution >= 4 is 6.08 Å². The molecule has 4 heteroatoms. The molecule has 2 heterocycles. The van der Waals surface area contributed by atoms with Gasteiger partial charge in [-0.2, -0.15) is 0 Å². The molecule has 0 fully saturated rings. The van der Waals surface area contributed by atoms with E-state index in [0.717, 1.165) is 29.0 Å². The molecule has 1 aliphatic carbocycles. The molecule has 0 aliphatic heterocycles. The second kappa shape index (κ2) is 5.41. The number of benzene rings is 1. The fourth-order valence-electron chi connectivity index (χ4n) is 2.40. The number of pyridine rings is 1. The second-order valence-electron chi connectivity index (χ2n) is 5.04. The quantitative estimate of drug-likeness (QED) is 0.733. The normalized spacial score (nSPS) is 12.2.